The average molecular weight is 370 g/mol. The monoisotopic (exact) mass is 370 g/mol. The number of aliphatic carboxylic acids is 1. The zero-order valence-electron chi connectivity index (χ0n) is 15.0. The van der Waals surface area contributed by atoms with E-state index in [1.807, 2.05) is 0 Å². The van der Waals surface area contributed by atoms with Crippen LogP contribution in [0.4, 0.5) is 0 Å². The van der Waals surface area contributed by atoms with Crippen LogP contribution < -0.4 is 15.4 Å². The van der Waals surface area contributed by atoms with Crippen LogP contribution in [0.5, 0.6) is 5.75 Å². The third-order valence-corrected chi connectivity index (χ3v) is 4.00. The van der Waals surface area contributed by atoms with E-state index < -0.39 is 17.8 Å². The fraction of sp³-hybridized carbons (Fsp3) is 0.250. The molecule has 0 saturated carbocycles. The van der Waals surface area contributed by atoms with Crippen molar-refractivity contribution in [3.8, 4) is 5.75 Å². The van der Waals surface area contributed by atoms with Gasteiger partial charge in [-0.15, -0.1) is 0 Å². The van der Waals surface area contributed by atoms with Crippen molar-refractivity contribution in [2.45, 2.75) is 6.42 Å². The summed E-state index contributed by atoms with van der Waals surface area (Å²) in [5.74, 6) is -2.05. The van der Waals surface area contributed by atoms with Gasteiger partial charge in [-0.1, -0.05) is 36.4 Å². The Hall–Kier alpha value is -3.35. The molecule has 0 aromatic heterocycles. The summed E-state index contributed by atoms with van der Waals surface area (Å²) in [6, 6.07) is 15.7. The van der Waals surface area contributed by atoms with Crippen LogP contribution in [-0.4, -0.2) is 43.1 Å². The molecule has 2 aromatic carbocycles. The minimum Gasteiger partial charge on any atom is -0.496 e. The van der Waals surface area contributed by atoms with E-state index in [4.69, 9.17) is 4.74 Å². The number of hydrogen-bond acceptors (Lipinski definition) is 4. The van der Waals surface area contributed by atoms with Gasteiger partial charge in [0.15, 0.2) is 0 Å². The number of methoxy groups -OCH3 is 1. The molecule has 27 heavy (non-hydrogen) atoms. The predicted octanol–water partition coefficient (Wildman–Crippen LogP) is 1.48. The van der Waals surface area contributed by atoms with E-state index in [2.05, 4.69) is 10.6 Å². The van der Waals surface area contributed by atoms with Gasteiger partial charge in [-0.3, -0.25) is 14.4 Å². The van der Waals surface area contributed by atoms with Gasteiger partial charge in [0, 0.05) is 12.1 Å². The van der Waals surface area contributed by atoms with E-state index in [0.717, 1.165) is 5.56 Å². The number of carboxylic acids is 1. The number of benzene rings is 2. The normalized spacial score (nSPS) is 11.3. The van der Waals surface area contributed by atoms with Gasteiger partial charge in [0.2, 0.25) is 5.91 Å². The molecule has 0 spiro atoms. The van der Waals surface area contributed by atoms with Gasteiger partial charge in [-0.25, -0.2) is 0 Å². The zero-order chi connectivity index (χ0) is 19.6. The van der Waals surface area contributed by atoms with Crippen molar-refractivity contribution in [1.82, 2.24) is 10.6 Å². The Kier molecular flexibility index (Phi) is 7.37. The van der Waals surface area contributed by atoms with Gasteiger partial charge in [-0.2, -0.15) is 0 Å². The summed E-state index contributed by atoms with van der Waals surface area (Å²) < 4.78 is 5.23. The van der Waals surface area contributed by atoms with Crippen LogP contribution in [0.3, 0.4) is 0 Å². The highest BCUT2D eigenvalue weighted by Gasteiger charge is 2.20. The smallest absolute Gasteiger partial charge is 0.308 e. The molecule has 1 atom stereocenters. The first-order valence-electron chi connectivity index (χ1n) is 8.46. The van der Waals surface area contributed by atoms with Gasteiger partial charge in [0.05, 0.1) is 19.6 Å². The van der Waals surface area contributed by atoms with E-state index in [9.17, 15) is 19.5 Å². The van der Waals surface area contributed by atoms with E-state index in [1.54, 1.807) is 54.6 Å². The molecular weight excluding hydrogens is 348 g/mol. The first-order chi connectivity index (χ1) is 13.0. The lowest BCUT2D eigenvalue weighted by molar-refractivity contribution is -0.141. The molecule has 3 N–H and O–H groups in total. The molecule has 0 heterocycles. The van der Waals surface area contributed by atoms with Crippen LogP contribution in [0.1, 0.15) is 15.9 Å². The maximum atomic E-state index is 11.9. The lowest BCUT2D eigenvalue weighted by atomic mass is 9.98. The topological polar surface area (TPSA) is 105 Å². The molecule has 7 heteroatoms. The quantitative estimate of drug-likeness (QED) is 0.620. The molecule has 0 aliphatic carbocycles. The fourth-order valence-electron chi connectivity index (χ4n) is 2.54. The maximum absolute atomic E-state index is 11.9. The number of hydrogen-bond donors (Lipinski definition) is 3. The number of carboxylic acid groups (broad SMARTS) is 1. The molecule has 1 unspecified atom stereocenters. The van der Waals surface area contributed by atoms with E-state index in [0.29, 0.717) is 11.3 Å². The summed E-state index contributed by atoms with van der Waals surface area (Å²) in [4.78, 5) is 35.4. The SMILES string of the molecule is COc1ccccc1CC(CNC(=O)CNC(=O)c1ccccc1)C(=O)O. The summed E-state index contributed by atoms with van der Waals surface area (Å²) in [5, 5.41) is 14.5. The van der Waals surface area contributed by atoms with Crippen LogP contribution in [-0.2, 0) is 16.0 Å². The highest BCUT2D eigenvalue weighted by molar-refractivity contribution is 5.96. The van der Waals surface area contributed by atoms with Crippen LogP contribution in [0, 0.1) is 5.92 Å². The Bertz CT molecular complexity index is 792. The number of rotatable bonds is 9. The van der Waals surface area contributed by atoms with Crippen molar-refractivity contribution < 1.29 is 24.2 Å². The average Bonchev–Trinajstić information content (AvgIpc) is 2.69. The molecule has 2 amide bonds. The molecule has 0 aliphatic rings. The first-order valence-corrected chi connectivity index (χ1v) is 8.46. The number of nitrogens with one attached hydrogen (secondary N) is 2. The Morgan fingerprint density at radius 3 is 2.33 bits per heavy atom. The minimum absolute atomic E-state index is 0.0482. The number of carbonyl (C=O) groups is 3. The number of amides is 2. The lowest BCUT2D eigenvalue weighted by Gasteiger charge is -2.15. The molecule has 0 radical (unpaired) electrons. The number of para-hydroxylation sites is 1. The highest BCUT2D eigenvalue weighted by Crippen LogP contribution is 2.20. The maximum Gasteiger partial charge on any atom is 0.308 e. The molecule has 2 rings (SSSR count). The molecule has 0 aliphatic heterocycles. The molecule has 7 nitrogen and oxygen atoms in total. The van der Waals surface area contributed by atoms with Crippen LogP contribution in [0.25, 0.3) is 0 Å². The fourth-order valence-corrected chi connectivity index (χ4v) is 2.54. The van der Waals surface area contributed by atoms with Gasteiger partial charge in [-0.05, 0) is 30.2 Å². The zero-order valence-corrected chi connectivity index (χ0v) is 15.0. The molecular formula is C20H22N2O5. The number of carbonyl (C=O) groups excluding carboxylic acids is 2. The second-order valence-electron chi connectivity index (χ2n) is 5.90. The largest absolute Gasteiger partial charge is 0.496 e. The predicted molar refractivity (Wildman–Crippen MR) is 99.6 cm³/mol. The van der Waals surface area contributed by atoms with E-state index in [-0.39, 0.29) is 25.4 Å². The van der Waals surface area contributed by atoms with Gasteiger partial charge in [0.1, 0.15) is 5.75 Å². The van der Waals surface area contributed by atoms with Crippen molar-refractivity contribution in [3.63, 3.8) is 0 Å². The summed E-state index contributed by atoms with van der Waals surface area (Å²) in [7, 11) is 1.52. The van der Waals surface area contributed by atoms with Crippen LogP contribution in [0.2, 0.25) is 0 Å². The Labute approximate surface area is 157 Å². The Morgan fingerprint density at radius 1 is 1.00 bits per heavy atom. The van der Waals surface area contributed by atoms with Crippen LogP contribution in [0.15, 0.2) is 54.6 Å². The van der Waals surface area contributed by atoms with E-state index >= 15 is 0 Å². The van der Waals surface area contributed by atoms with Crippen molar-refractivity contribution in [1.29, 1.82) is 0 Å². The minimum atomic E-state index is -1.02. The molecule has 2 aromatic rings. The third kappa shape index (κ3) is 6.14. The Morgan fingerprint density at radius 2 is 1.67 bits per heavy atom. The standard InChI is InChI=1S/C20H22N2O5/c1-27-17-10-6-5-9-15(17)11-16(20(25)26)12-21-18(23)13-22-19(24)14-7-3-2-4-8-14/h2-10,16H,11-13H2,1H3,(H,21,23)(H,22,24)(H,25,26). The Balaban J connectivity index is 1.85. The summed E-state index contributed by atoms with van der Waals surface area (Å²) in [6.07, 6.45) is 0.218. The summed E-state index contributed by atoms with van der Waals surface area (Å²) >= 11 is 0. The summed E-state index contributed by atoms with van der Waals surface area (Å²) in [6.45, 7) is -0.276. The third-order valence-electron chi connectivity index (χ3n) is 4.00. The molecule has 142 valence electrons. The second-order valence-corrected chi connectivity index (χ2v) is 5.90. The van der Waals surface area contributed by atoms with Gasteiger partial charge < -0.3 is 20.5 Å². The van der Waals surface area contributed by atoms with Crippen molar-refractivity contribution in [2.24, 2.45) is 5.92 Å². The van der Waals surface area contributed by atoms with Crippen molar-refractivity contribution in [3.05, 3.63) is 65.7 Å². The molecule has 0 fully saturated rings. The van der Waals surface area contributed by atoms with Crippen molar-refractivity contribution >= 4 is 17.8 Å². The van der Waals surface area contributed by atoms with Gasteiger partial charge >= 0.3 is 5.97 Å². The molecule has 0 bridgehead atoms. The van der Waals surface area contributed by atoms with Crippen LogP contribution >= 0.6 is 0 Å². The second kappa shape index (κ2) is 9.96. The first kappa shape index (κ1) is 20.0. The lowest BCUT2D eigenvalue weighted by Crippen LogP contribution is -2.40. The van der Waals surface area contributed by atoms with E-state index in [1.165, 1.54) is 7.11 Å². The highest BCUT2D eigenvalue weighted by atomic mass is 16.5. The van der Waals surface area contributed by atoms with Gasteiger partial charge in [0.25, 0.3) is 5.91 Å². The molecule has 0 saturated heterocycles. The number of ether oxygens (including phenoxy) is 1. The van der Waals surface area contributed by atoms with Crippen molar-refractivity contribution in [2.75, 3.05) is 20.2 Å². The summed E-state index contributed by atoms with van der Waals surface area (Å²) in [5.41, 5.74) is 1.20.